The quantitative estimate of drug-likeness (QED) is 0.241. The Bertz CT molecular complexity index is 187. The summed E-state index contributed by atoms with van der Waals surface area (Å²) in [7, 11) is 3.30. The van der Waals surface area contributed by atoms with Gasteiger partial charge in [0.05, 0.1) is 19.3 Å². The van der Waals surface area contributed by atoms with Gasteiger partial charge >= 0.3 is 0 Å². The molecule has 2 atom stereocenters. The van der Waals surface area contributed by atoms with Crippen LogP contribution < -0.4 is 16.6 Å². The second-order valence-electron chi connectivity index (χ2n) is 3.38. The summed E-state index contributed by atoms with van der Waals surface area (Å²) < 4.78 is 10.1. The Labute approximate surface area is 91.2 Å². The van der Waals surface area contributed by atoms with Gasteiger partial charge in [-0.15, -0.1) is 0 Å². The van der Waals surface area contributed by atoms with Gasteiger partial charge in [0.1, 0.15) is 0 Å². The van der Waals surface area contributed by atoms with Gasteiger partial charge < -0.3 is 14.8 Å². The third-order valence-corrected chi connectivity index (χ3v) is 1.85. The van der Waals surface area contributed by atoms with Crippen molar-refractivity contribution in [1.82, 2.24) is 10.7 Å². The minimum absolute atomic E-state index is 0.0767. The van der Waals surface area contributed by atoms with Gasteiger partial charge in [0.2, 0.25) is 5.96 Å². The number of guanidine groups is 1. The van der Waals surface area contributed by atoms with Crippen LogP contribution in [0.1, 0.15) is 13.8 Å². The minimum Gasteiger partial charge on any atom is -0.383 e. The summed E-state index contributed by atoms with van der Waals surface area (Å²) in [5, 5.41) is 3.08. The molecule has 90 valence electrons. The zero-order chi connectivity index (χ0) is 11.7. The number of hydrogen-bond acceptors (Lipinski definition) is 4. The monoisotopic (exact) mass is 218 g/mol. The summed E-state index contributed by atoms with van der Waals surface area (Å²) in [4.78, 5) is 4.22. The summed E-state index contributed by atoms with van der Waals surface area (Å²) in [6.45, 7) is 5.08. The first kappa shape index (κ1) is 14.2. The third kappa shape index (κ3) is 7.12. The fraction of sp³-hybridized carbons (Fsp3) is 0.889. The van der Waals surface area contributed by atoms with Crippen molar-refractivity contribution >= 4 is 5.96 Å². The number of nitrogens with zero attached hydrogens (tertiary/aromatic N) is 1. The smallest absolute Gasteiger partial charge is 0.206 e. The Morgan fingerprint density at radius 3 is 2.53 bits per heavy atom. The average molecular weight is 218 g/mol. The first-order valence-corrected chi connectivity index (χ1v) is 4.93. The lowest BCUT2D eigenvalue weighted by Crippen LogP contribution is -2.47. The number of hydrazine groups is 1. The molecule has 0 aromatic heterocycles. The molecule has 0 aliphatic carbocycles. The molecule has 0 amide bonds. The van der Waals surface area contributed by atoms with Gasteiger partial charge in [0.15, 0.2) is 0 Å². The number of hydrogen-bond donors (Lipinski definition) is 3. The number of methoxy groups -OCH3 is 2. The molecule has 0 heterocycles. The third-order valence-electron chi connectivity index (χ3n) is 1.85. The molecule has 0 fully saturated rings. The maximum atomic E-state index is 5.32. The maximum Gasteiger partial charge on any atom is 0.206 e. The molecule has 0 saturated heterocycles. The highest BCUT2D eigenvalue weighted by atomic mass is 16.5. The molecule has 0 aromatic rings. The lowest BCUT2D eigenvalue weighted by molar-refractivity contribution is 0.125. The molecule has 0 aliphatic rings. The molecule has 6 heteroatoms. The van der Waals surface area contributed by atoms with Crippen LogP contribution in [-0.4, -0.2) is 45.5 Å². The zero-order valence-corrected chi connectivity index (χ0v) is 9.91. The van der Waals surface area contributed by atoms with E-state index >= 15 is 0 Å². The average Bonchev–Trinajstić information content (AvgIpc) is 2.23. The predicted molar refractivity (Wildman–Crippen MR) is 60.6 cm³/mol. The van der Waals surface area contributed by atoms with E-state index in [1.165, 1.54) is 0 Å². The molecule has 0 bridgehead atoms. The lowest BCUT2D eigenvalue weighted by Gasteiger charge is -2.16. The van der Waals surface area contributed by atoms with Crippen LogP contribution in [0.4, 0.5) is 0 Å². The van der Waals surface area contributed by atoms with Crippen molar-refractivity contribution in [3.05, 3.63) is 0 Å². The van der Waals surface area contributed by atoms with E-state index in [0.717, 1.165) is 0 Å². The Kier molecular flexibility index (Phi) is 7.98. The van der Waals surface area contributed by atoms with E-state index in [0.29, 0.717) is 19.1 Å². The van der Waals surface area contributed by atoms with E-state index < -0.39 is 0 Å². The summed E-state index contributed by atoms with van der Waals surface area (Å²) >= 11 is 0. The number of ether oxygens (including phenoxy) is 2. The van der Waals surface area contributed by atoms with Crippen molar-refractivity contribution in [1.29, 1.82) is 0 Å². The molecular weight excluding hydrogens is 196 g/mol. The van der Waals surface area contributed by atoms with Gasteiger partial charge in [-0.05, 0) is 13.8 Å². The number of aliphatic imine (C=N–C) groups is 1. The number of nitrogens with one attached hydrogen (secondary N) is 2. The second kappa shape index (κ2) is 8.46. The molecule has 15 heavy (non-hydrogen) atoms. The topological polar surface area (TPSA) is 80.9 Å². The van der Waals surface area contributed by atoms with Crippen LogP contribution in [0.2, 0.25) is 0 Å². The van der Waals surface area contributed by atoms with Crippen molar-refractivity contribution in [3.8, 4) is 0 Å². The van der Waals surface area contributed by atoms with E-state index in [-0.39, 0.29) is 12.1 Å². The SMILES string of the molecule is COCC(C)NC(=NCC(C)OC)NN. The Morgan fingerprint density at radius 1 is 1.40 bits per heavy atom. The van der Waals surface area contributed by atoms with Crippen LogP contribution in [0.5, 0.6) is 0 Å². The van der Waals surface area contributed by atoms with Crippen molar-refractivity contribution < 1.29 is 9.47 Å². The van der Waals surface area contributed by atoms with E-state index in [1.807, 2.05) is 13.8 Å². The summed E-state index contributed by atoms with van der Waals surface area (Å²) in [6.07, 6.45) is 0.0767. The van der Waals surface area contributed by atoms with Gasteiger partial charge in [0.25, 0.3) is 0 Å². The first-order valence-electron chi connectivity index (χ1n) is 4.93. The Morgan fingerprint density at radius 2 is 2.07 bits per heavy atom. The maximum absolute atomic E-state index is 5.32. The zero-order valence-electron chi connectivity index (χ0n) is 9.91. The lowest BCUT2D eigenvalue weighted by atomic mass is 10.4. The Hall–Kier alpha value is -0.850. The van der Waals surface area contributed by atoms with Crippen molar-refractivity contribution in [3.63, 3.8) is 0 Å². The fourth-order valence-electron chi connectivity index (χ4n) is 0.952. The highest BCUT2D eigenvalue weighted by Gasteiger charge is 2.04. The predicted octanol–water partition coefficient (Wildman–Crippen LogP) is -0.535. The summed E-state index contributed by atoms with van der Waals surface area (Å²) in [5.74, 6) is 5.86. The fourth-order valence-corrected chi connectivity index (χ4v) is 0.952. The molecule has 6 nitrogen and oxygen atoms in total. The molecule has 0 rings (SSSR count). The van der Waals surface area contributed by atoms with Gasteiger partial charge in [-0.1, -0.05) is 0 Å². The number of nitrogens with two attached hydrogens (primary N) is 1. The molecule has 0 aliphatic heterocycles. The van der Waals surface area contributed by atoms with Gasteiger partial charge in [-0.3, -0.25) is 5.43 Å². The van der Waals surface area contributed by atoms with Crippen molar-refractivity contribution in [2.45, 2.75) is 26.0 Å². The highest BCUT2D eigenvalue weighted by molar-refractivity contribution is 5.79. The van der Waals surface area contributed by atoms with E-state index in [4.69, 9.17) is 15.3 Å². The van der Waals surface area contributed by atoms with Gasteiger partial charge in [-0.25, -0.2) is 10.8 Å². The number of rotatable bonds is 6. The van der Waals surface area contributed by atoms with Crippen LogP contribution in [0.25, 0.3) is 0 Å². The molecule has 0 spiro atoms. The van der Waals surface area contributed by atoms with E-state index in [2.05, 4.69) is 15.7 Å². The normalized spacial score (nSPS) is 15.9. The Balaban J connectivity index is 3.99. The molecule has 4 N–H and O–H groups in total. The molecule has 0 saturated carbocycles. The van der Waals surface area contributed by atoms with Crippen LogP contribution in [0, 0.1) is 0 Å². The van der Waals surface area contributed by atoms with E-state index in [9.17, 15) is 0 Å². The van der Waals surface area contributed by atoms with Crippen LogP contribution in [0.3, 0.4) is 0 Å². The highest BCUT2D eigenvalue weighted by Crippen LogP contribution is 1.88. The largest absolute Gasteiger partial charge is 0.383 e. The van der Waals surface area contributed by atoms with Crippen molar-refractivity contribution in [2.75, 3.05) is 27.4 Å². The van der Waals surface area contributed by atoms with Gasteiger partial charge in [-0.2, -0.15) is 0 Å². The molecule has 2 unspecified atom stereocenters. The van der Waals surface area contributed by atoms with Gasteiger partial charge in [0, 0.05) is 20.3 Å². The summed E-state index contributed by atoms with van der Waals surface area (Å²) in [5.41, 5.74) is 2.50. The second-order valence-corrected chi connectivity index (χ2v) is 3.38. The van der Waals surface area contributed by atoms with E-state index in [1.54, 1.807) is 14.2 Å². The van der Waals surface area contributed by atoms with Crippen LogP contribution >= 0.6 is 0 Å². The summed E-state index contributed by atoms with van der Waals surface area (Å²) in [6, 6.07) is 0.155. The molecule has 0 aromatic carbocycles. The van der Waals surface area contributed by atoms with Crippen LogP contribution in [-0.2, 0) is 9.47 Å². The molecule has 0 radical (unpaired) electrons. The minimum atomic E-state index is 0.0767. The van der Waals surface area contributed by atoms with Crippen LogP contribution in [0.15, 0.2) is 4.99 Å². The standard InChI is InChI=1S/C9H22N4O2/c1-7(6-14-3)12-9(13-10)11-5-8(2)15-4/h7-8H,5-6,10H2,1-4H3,(H2,11,12,13). The molecular formula is C9H22N4O2. The van der Waals surface area contributed by atoms with Crippen molar-refractivity contribution in [2.24, 2.45) is 10.8 Å². The first-order chi connectivity index (χ1) is 7.13.